The number of hydrogen-bond donors (Lipinski definition) is 1. The average molecular weight is 251 g/mol. The SMILES string of the molecule is NC(Cc1ccccc1)Cc1coc2ccccc12. The Morgan fingerprint density at radius 1 is 0.895 bits per heavy atom. The lowest BCUT2D eigenvalue weighted by atomic mass is 9.99. The maximum atomic E-state index is 6.25. The molecule has 0 bridgehead atoms. The maximum Gasteiger partial charge on any atom is 0.134 e. The number of furan rings is 1. The molecule has 0 radical (unpaired) electrons. The second-order valence-electron chi connectivity index (χ2n) is 4.91. The van der Waals surface area contributed by atoms with Crippen molar-refractivity contribution in [3.05, 3.63) is 72.0 Å². The van der Waals surface area contributed by atoms with E-state index in [1.165, 1.54) is 16.5 Å². The Morgan fingerprint density at radius 2 is 1.63 bits per heavy atom. The summed E-state index contributed by atoms with van der Waals surface area (Å²) in [6.45, 7) is 0. The Hall–Kier alpha value is -2.06. The molecule has 1 atom stereocenters. The highest BCUT2D eigenvalue weighted by atomic mass is 16.3. The summed E-state index contributed by atoms with van der Waals surface area (Å²) in [4.78, 5) is 0. The van der Waals surface area contributed by atoms with Gasteiger partial charge in [-0.25, -0.2) is 0 Å². The number of benzene rings is 2. The molecule has 0 amide bonds. The Kier molecular flexibility index (Phi) is 3.34. The van der Waals surface area contributed by atoms with Crippen LogP contribution in [0.1, 0.15) is 11.1 Å². The van der Waals surface area contributed by atoms with Crippen molar-refractivity contribution in [2.45, 2.75) is 18.9 Å². The minimum absolute atomic E-state index is 0.114. The molecule has 0 saturated carbocycles. The highest BCUT2D eigenvalue weighted by Gasteiger charge is 2.10. The van der Waals surface area contributed by atoms with Gasteiger partial charge in [-0.2, -0.15) is 0 Å². The Bertz CT molecular complexity index is 657. The Morgan fingerprint density at radius 3 is 2.47 bits per heavy atom. The van der Waals surface area contributed by atoms with Crippen LogP contribution in [0.4, 0.5) is 0 Å². The van der Waals surface area contributed by atoms with Gasteiger partial charge in [0.15, 0.2) is 0 Å². The Balaban J connectivity index is 1.74. The molecule has 3 aromatic rings. The summed E-state index contributed by atoms with van der Waals surface area (Å²) >= 11 is 0. The molecule has 3 rings (SSSR count). The van der Waals surface area contributed by atoms with Crippen LogP contribution in [0.15, 0.2) is 65.3 Å². The minimum atomic E-state index is 0.114. The van der Waals surface area contributed by atoms with Crippen LogP contribution < -0.4 is 5.73 Å². The second kappa shape index (κ2) is 5.29. The van der Waals surface area contributed by atoms with Gasteiger partial charge in [-0.05, 0) is 30.0 Å². The molecule has 1 aromatic heterocycles. The summed E-state index contributed by atoms with van der Waals surface area (Å²) in [5.74, 6) is 0. The quantitative estimate of drug-likeness (QED) is 0.770. The molecule has 2 N–H and O–H groups in total. The van der Waals surface area contributed by atoms with Crippen LogP contribution in [0.5, 0.6) is 0 Å². The van der Waals surface area contributed by atoms with E-state index < -0.39 is 0 Å². The van der Waals surface area contributed by atoms with Crippen LogP contribution in [-0.2, 0) is 12.8 Å². The van der Waals surface area contributed by atoms with E-state index in [2.05, 4.69) is 30.3 Å². The number of fused-ring (bicyclic) bond motifs is 1. The molecule has 0 aliphatic heterocycles. The highest BCUT2D eigenvalue weighted by molar-refractivity contribution is 5.80. The molecule has 2 heteroatoms. The van der Waals surface area contributed by atoms with Crippen LogP contribution >= 0.6 is 0 Å². The van der Waals surface area contributed by atoms with Crippen LogP contribution in [-0.4, -0.2) is 6.04 Å². The summed E-state index contributed by atoms with van der Waals surface area (Å²) < 4.78 is 5.54. The molecule has 0 aliphatic rings. The van der Waals surface area contributed by atoms with Crippen molar-refractivity contribution in [1.82, 2.24) is 0 Å². The van der Waals surface area contributed by atoms with E-state index in [0.717, 1.165) is 18.4 Å². The van der Waals surface area contributed by atoms with Crippen molar-refractivity contribution >= 4 is 11.0 Å². The summed E-state index contributed by atoms with van der Waals surface area (Å²) in [6, 6.07) is 18.6. The standard InChI is InChI=1S/C17H17NO/c18-15(10-13-6-2-1-3-7-13)11-14-12-19-17-9-5-4-8-16(14)17/h1-9,12,15H,10-11,18H2. The van der Waals surface area contributed by atoms with E-state index in [-0.39, 0.29) is 6.04 Å². The molecule has 1 heterocycles. The lowest BCUT2D eigenvalue weighted by Gasteiger charge is -2.10. The molecular weight excluding hydrogens is 234 g/mol. The van der Waals surface area contributed by atoms with Crippen LogP contribution in [0.3, 0.4) is 0 Å². The monoisotopic (exact) mass is 251 g/mol. The van der Waals surface area contributed by atoms with Crippen molar-refractivity contribution in [3.63, 3.8) is 0 Å². The normalized spacial score (nSPS) is 12.7. The van der Waals surface area contributed by atoms with Crippen LogP contribution in [0, 0.1) is 0 Å². The third-order valence-electron chi connectivity index (χ3n) is 3.38. The van der Waals surface area contributed by atoms with E-state index in [1.54, 1.807) is 0 Å². The van der Waals surface area contributed by atoms with Gasteiger partial charge >= 0.3 is 0 Å². The van der Waals surface area contributed by atoms with Gasteiger partial charge < -0.3 is 10.2 Å². The van der Waals surface area contributed by atoms with Gasteiger partial charge in [-0.15, -0.1) is 0 Å². The number of hydrogen-bond acceptors (Lipinski definition) is 2. The summed E-state index contributed by atoms with van der Waals surface area (Å²) in [5, 5.41) is 1.17. The van der Waals surface area contributed by atoms with E-state index in [9.17, 15) is 0 Å². The maximum absolute atomic E-state index is 6.25. The zero-order chi connectivity index (χ0) is 13.1. The van der Waals surface area contributed by atoms with Gasteiger partial charge in [0.05, 0.1) is 6.26 Å². The fourth-order valence-corrected chi connectivity index (χ4v) is 2.46. The molecule has 96 valence electrons. The van der Waals surface area contributed by atoms with E-state index in [1.807, 2.05) is 30.5 Å². The molecular formula is C17H17NO. The average Bonchev–Trinajstić information content (AvgIpc) is 2.83. The molecule has 2 nitrogen and oxygen atoms in total. The molecule has 2 aromatic carbocycles. The minimum Gasteiger partial charge on any atom is -0.464 e. The molecule has 0 aliphatic carbocycles. The van der Waals surface area contributed by atoms with Gasteiger partial charge in [0.2, 0.25) is 0 Å². The first-order valence-corrected chi connectivity index (χ1v) is 6.57. The topological polar surface area (TPSA) is 39.2 Å². The predicted molar refractivity (Wildman–Crippen MR) is 78.0 cm³/mol. The van der Waals surface area contributed by atoms with Crippen molar-refractivity contribution in [1.29, 1.82) is 0 Å². The largest absolute Gasteiger partial charge is 0.464 e. The Labute approximate surface area is 112 Å². The molecule has 19 heavy (non-hydrogen) atoms. The van der Waals surface area contributed by atoms with Crippen molar-refractivity contribution in [2.75, 3.05) is 0 Å². The van der Waals surface area contributed by atoms with Crippen molar-refractivity contribution in [3.8, 4) is 0 Å². The van der Waals surface area contributed by atoms with Crippen molar-refractivity contribution in [2.24, 2.45) is 5.73 Å². The smallest absolute Gasteiger partial charge is 0.134 e. The summed E-state index contributed by atoms with van der Waals surface area (Å²) in [7, 11) is 0. The predicted octanol–water partition coefficient (Wildman–Crippen LogP) is 3.55. The molecule has 0 saturated heterocycles. The van der Waals surface area contributed by atoms with Crippen LogP contribution in [0.2, 0.25) is 0 Å². The molecule has 0 fully saturated rings. The highest BCUT2D eigenvalue weighted by Crippen LogP contribution is 2.22. The van der Waals surface area contributed by atoms with E-state index >= 15 is 0 Å². The van der Waals surface area contributed by atoms with Crippen molar-refractivity contribution < 1.29 is 4.42 Å². The zero-order valence-corrected chi connectivity index (χ0v) is 10.8. The van der Waals surface area contributed by atoms with Gasteiger partial charge in [-0.3, -0.25) is 0 Å². The zero-order valence-electron chi connectivity index (χ0n) is 10.8. The fourth-order valence-electron chi connectivity index (χ4n) is 2.46. The second-order valence-corrected chi connectivity index (χ2v) is 4.91. The molecule has 0 spiro atoms. The summed E-state index contributed by atoms with van der Waals surface area (Å²) in [6.07, 6.45) is 3.56. The fraction of sp³-hybridized carbons (Fsp3) is 0.176. The van der Waals surface area contributed by atoms with Gasteiger partial charge in [0.25, 0.3) is 0 Å². The third-order valence-corrected chi connectivity index (χ3v) is 3.38. The van der Waals surface area contributed by atoms with Gasteiger partial charge in [-0.1, -0.05) is 48.5 Å². The first-order valence-electron chi connectivity index (χ1n) is 6.57. The number of nitrogens with two attached hydrogens (primary N) is 1. The summed E-state index contributed by atoms with van der Waals surface area (Å²) in [5.41, 5.74) is 9.65. The lowest BCUT2D eigenvalue weighted by molar-refractivity contribution is 0.599. The first-order chi connectivity index (χ1) is 9.33. The van der Waals surface area contributed by atoms with E-state index in [4.69, 9.17) is 10.2 Å². The number of rotatable bonds is 4. The van der Waals surface area contributed by atoms with Gasteiger partial charge in [0, 0.05) is 11.4 Å². The van der Waals surface area contributed by atoms with Gasteiger partial charge in [0.1, 0.15) is 5.58 Å². The van der Waals surface area contributed by atoms with Crippen LogP contribution in [0.25, 0.3) is 11.0 Å². The lowest BCUT2D eigenvalue weighted by Crippen LogP contribution is -2.25. The first kappa shape index (κ1) is 12.0. The third kappa shape index (κ3) is 2.69. The van der Waals surface area contributed by atoms with E-state index in [0.29, 0.717) is 0 Å². The number of para-hydroxylation sites is 1. The molecule has 1 unspecified atom stereocenters.